The first-order valence-corrected chi connectivity index (χ1v) is 8.31. The number of amides is 1. The van der Waals surface area contributed by atoms with E-state index in [1.807, 2.05) is 37.3 Å². The zero-order chi connectivity index (χ0) is 18.4. The van der Waals surface area contributed by atoms with Crippen molar-refractivity contribution < 1.29 is 14.1 Å². The second kappa shape index (κ2) is 9.75. The van der Waals surface area contributed by atoms with E-state index in [1.165, 1.54) is 0 Å². The van der Waals surface area contributed by atoms with Crippen LogP contribution >= 0.6 is 12.4 Å². The summed E-state index contributed by atoms with van der Waals surface area (Å²) in [5.74, 6) is 1.36. The molecule has 0 saturated carbocycles. The van der Waals surface area contributed by atoms with E-state index >= 15 is 0 Å². The van der Waals surface area contributed by atoms with Crippen molar-refractivity contribution in [1.29, 1.82) is 0 Å². The molecule has 0 bridgehead atoms. The molecular weight excluding hydrogens is 366 g/mol. The SMILES string of the molecule is COc1ccc(C(=O)Nc2cccc(CNCc3cc(C)on3)c2)cc1.Cl. The van der Waals surface area contributed by atoms with Crippen molar-refractivity contribution in [2.75, 3.05) is 12.4 Å². The number of methoxy groups -OCH3 is 1. The van der Waals surface area contributed by atoms with Gasteiger partial charge in [-0.05, 0) is 48.9 Å². The molecule has 0 aliphatic heterocycles. The molecule has 0 radical (unpaired) electrons. The number of carbonyl (C=O) groups is 1. The number of benzene rings is 2. The lowest BCUT2D eigenvalue weighted by Gasteiger charge is -2.09. The molecule has 0 saturated heterocycles. The molecule has 2 aromatic carbocycles. The molecule has 3 rings (SSSR count). The summed E-state index contributed by atoms with van der Waals surface area (Å²) >= 11 is 0. The summed E-state index contributed by atoms with van der Waals surface area (Å²) < 4.78 is 10.1. The van der Waals surface area contributed by atoms with Crippen LogP contribution in [-0.2, 0) is 13.1 Å². The molecule has 3 aromatic rings. The highest BCUT2D eigenvalue weighted by Crippen LogP contribution is 2.15. The third-order valence-electron chi connectivity index (χ3n) is 3.85. The zero-order valence-electron chi connectivity index (χ0n) is 15.2. The zero-order valence-corrected chi connectivity index (χ0v) is 16.0. The number of carbonyl (C=O) groups excluding carboxylic acids is 1. The van der Waals surface area contributed by atoms with E-state index in [9.17, 15) is 4.79 Å². The van der Waals surface area contributed by atoms with Crippen LogP contribution in [0.4, 0.5) is 5.69 Å². The summed E-state index contributed by atoms with van der Waals surface area (Å²) in [5.41, 5.74) is 3.27. The van der Waals surface area contributed by atoms with Gasteiger partial charge in [-0.15, -0.1) is 12.4 Å². The highest BCUT2D eigenvalue weighted by atomic mass is 35.5. The molecule has 0 atom stereocenters. The third kappa shape index (κ3) is 5.84. The van der Waals surface area contributed by atoms with E-state index in [1.54, 1.807) is 31.4 Å². The normalized spacial score (nSPS) is 10.1. The van der Waals surface area contributed by atoms with E-state index in [0.717, 1.165) is 28.5 Å². The van der Waals surface area contributed by atoms with Crippen LogP contribution in [0.15, 0.2) is 59.1 Å². The Morgan fingerprint density at radius 1 is 1.11 bits per heavy atom. The van der Waals surface area contributed by atoms with E-state index < -0.39 is 0 Å². The quantitative estimate of drug-likeness (QED) is 0.641. The minimum absolute atomic E-state index is 0. The van der Waals surface area contributed by atoms with Gasteiger partial charge in [0, 0.05) is 30.4 Å². The molecule has 7 heteroatoms. The Morgan fingerprint density at radius 3 is 2.56 bits per heavy atom. The van der Waals surface area contributed by atoms with Gasteiger partial charge in [0.25, 0.3) is 5.91 Å². The summed E-state index contributed by atoms with van der Waals surface area (Å²) in [6, 6.07) is 16.6. The Balaban J connectivity index is 0.00000261. The van der Waals surface area contributed by atoms with Crippen LogP contribution in [0.2, 0.25) is 0 Å². The molecule has 1 aromatic heterocycles. The molecule has 1 heterocycles. The van der Waals surface area contributed by atoms with Crippen molar-refractivity contribution >= 4 is 24.0 Å². The molecule has 6 nitrogen and oxygen atoms in total. The fourth-order valence-corrected chi connectivity index (χ4v) is 2.54. The Bertz CT molecular complexity index is 878. The second-order valence-corrected chi connectivity index (χ2v) is 5.92. The predicted molar refractivity (Wildman–Crippen MR) is 106 cm³/mol. The fourth-order valence-electron chi connectivity index (χ4n) is 2.54. The lowest BCUT2D eigenvalue weighted by atomic mass is 10.1. The van der Waals surface area contributed by atoms with E-state index in [-0.39, 0.29) is 18.3 Å². The Morgan fingerprint density at radius 2 is 1.89 bits per heavy atom. The summed E-state index contributed by atoms with van der Waals surface area (Å²) in [7, 11) is 1.60. The maximum Gasteiger partial charge on any atom is 0.255 e. The molecule has 0 aliphatic carbocycles. The number of aromatic nitrogens is 1. The topological polar surface area (TPSA) is 76.4 Å². The predicted octanol–water partition coefficient (Wildman–Crippen LogP) is 3.96. The first-order valence-electron chi connectivity index (χ1n) is 8.31. The van der Waals surface area contributed by atoms with E-state index in [2.05, 4.69) is 15.8 Å². The number of anilines is 1. The molecule has 142 valence electrons. The van der Waals surface area contributed by atoms with Crippen LogP contribution < -0.4 is 15.4 Å². The van der Waals surface area contributed by atoms with Gasteiger partial charge in [-0.25, -0.2) is 0 Å². The van der Waals surface area contributed by atoms with Gasteiger partial charge in [0.15, 0.2) is 0 Å². The first-order chi connectivity index (χ1) is 12.6. The number of halogens is 1. The lowest BCUT2D eigenvalue weighted by Crippen LogP contribution is -2.14. The number of nitrogens with one attached hydrogen (secondary N) is 2. The van der Waals surface area contributed by atoms with Gasteiger partial charge in [0.1, 0.15) is 11.5 Å². The number of hydrogen-bond acceptors (Lipinski definition) is 5. The van der Waals surface area contributed by atoms with Crippen LogP contribution in [0, 0.1) is 6.92 Å². The number of aryl methyl sites for hydroxylation is 1. The van der Waals surface area contributed by atoms with Gasteiger partial charge >= 0.3 is 0 Å². The molecular formula is C20H22ClN3O3. The maximum absolute atomic E-state index is 12.3. The fraction of sp³-hybridized carbons (Fsp3) is 0.200. The molecule has 0 spiro atoms. The highest BCUT2D eigenvalue weighted by molar-refractivity contribution is 6.04. The smallest absolute Gasteiger partial charge is 0.255 e. The molecule has 0 fully saturated rings. The van der Waals surface area contributed by atoms with Crippen molar-refractivity contribution in [3.63, 3.8) is 0 Å². The van der Waals surface area contributed by atoms with Gasteiger partial charge in [-0.1, -0.05) is 17.3 Å². The van der Waals surface area contributed by atoms with Crippen LogP contribution in [0.5, 0.6) is 5.75 Å². The highest BCUT2D eigenvalue weighted by Gasteiger charge is 2.07. The number of ether oxygens (including phenoxy) is 1. The standard InChI is InChI=1S/C20H21N3O3.ClH/c1-14-10-18(23-26-14)13-21-12-15-4-3-5-17(11-15)22-20(24)16-6-8-19(25-2)9-7-16;/h3-11,21H,12-13H2,1-2H3,(H,22,24);1H. The Labute approximate surface area is 164 Å². The van der Waals surface area contributed by atoms with E-state index in [0.29, 0.717) is 18.7 Å². The van der Waals surface area contributed by atoms with Gasteiger partial charge in [0.2, 0.25) is 0 Å². The molecule has 0 unspecified atom stereocenters. The summed E-state index contributed by atoms with van der Waals surface area (Å²) in [4.78, 5) is 12.3. The number of hydrogen-bond donors (Lipinski definition) is 2. The maximum atomic E-state index is 12.3. The Hall–Kier alpha value is -2.83. The van der Waals surface area contributed by atoms with Crippen molar-refractivity contribution in [3.8, 4) is 5.75 Å². The second-order valence-electron chi connectivity index (χ2n) is 5.92. The molecule has 0 aliphatic rings. The first kappa shape index (κ1) is 20.5. The molecule has 27 heavy (non-hydrogen) atoms. The molecule has 1 amide bonds. The van der Waals surface area contributed by atoms with Crippen LogP contribution in [0.1, 0.15) is 27.4 Å². The summed E-state index contributed by atoms with van der Waals surface area (Å²) in [6.07, 6.45) is 0. The van der Waals surface area contributed by atoms with Crippen molar-refractivity contribution in [3.05, 3.63) is 77.2 Å². The number of rotatable bonds is 7. The van der Waals surface area contributed by atoms with Crippen LogP contribution in [-0.4, -0.2) is 18.2 Å². The van der Waals surface area contributed by atoms with Gasteiger partial charge < -0.3 is 19.9 Å². The third-order valence-corrected chi connectivity index (χ3v) is 3.85. The summed E-state index contributed by atoms with van der Waals surface area (Å²) in [6.45, 7) is 3.16. The van der Waals surface area contributed by atoms with Crippen LogP contribution in [0.3, 0.4) is 0 Å². The van der Waals surface area contributed by atoms with Crippen molar-refractivity contribution in [2.45, 2.75) is 20.0 Å². The van der Waals surface area contributed by atoms with E-state index in [4.69, 9.17) is 9.26 Å². The largest absolute Gasteiger partial charge is 0.497 e. The van der Waals surface area contributed by atoms with Gasteiger partial charge in [-0.2, -0.15) is 0 Å². The number of nitrogens with zero attached hydrogens (tertiary/aromatic N) is 1. The van der Waals surface area contributed by atoms with Gasteiger partial charge in [-0.3, -0.25) is 4.79 Å². The average molecular weight is 388 g/mol. The lowest BCUT2D eigenvalue weighted by molar-refractivity contribution is 0.102. The van der Waals surface area contributed by atoms with Crippen LogP contribution in [0.25, 0.3) is 0 Å². The Kier molecular flexibility index (Phi) is 7.40. The average Bonchev–Trinajstić information content (AvgIpc) is 3.07. The minimum Gasteiger partial charge on any atom is -0.497 e. The van der Waals surface area contributed by atoms with Gasteiger partial charge in [0.05, 0.1) is 12.8 Å². The minimum atomic E-state index is -0.157. The summed E-state index contributed by atoms with van der Waals surface area (Å²) in [5, 5.41) is 10.2. The van der Waals surface area contributed by atoms with Crippen molar-refractivity contribution in [1.82, 2.24) is 10.5 Å². The monoisotopic (exact) mass is 387 g/mol. The molecule has 2 N–H and O–H groups in total. The van der Waals surface area contributed by atoms with Crippen molar-refractivity contribution in [2.24, 2.45) is 0 Å².